The maximum Gasteiger partial charge on any atom is 0.163 e. The van der Waals surface area contributed by atoms with Crippen LogP contribution in [0, 0.1) is 0 Å². The molecule has 1 rings (SSSR count). The molecule has 0 saturated heterocycles. The molecule has 1 heterocycles. The van der Waals surface area contributed by atoms with Crippen molar-refractivity contribution >= 4 is 28.7 Å². The highest BCUT2D eigenvalue weighted by molar-refractivity contribution is 7.80. The van der Waals surface area contributed by atoms with Gasteiger partial charge in [0.15, 0.2) is 5.11 Å². The Labute approximate surface area is 81.8 Å². The number of hydrogen-bond acceptors (Lipinski definition) is 2. The monoisotopic (exact) mass is 200 g/mol. The van der Waals surface area contributed by atoms with E-state index in [9.17, 15) is 0 Å². The zero-order valence-corrected chi connectivity index (χ0v) is 8.60. The molecular formula is C8H12N2S2. The van der Waals surface area contributed by atoms with Crippen LogP contribution >= 0.6 is 23.6 Å². The Morgan fingerprint density at radius 1 is 1.75 bits per heavy atom. The molecule has 4 heteroatoms. The Kier molecular flexibility index (Phi) is 3.49. The van der Waals surface area contributed by atoms with Crippen molar-refractivity contribution in [3.63, 3.8) is 0 Å². The van der Waals surface area contributed by atoms with Crippen LogP contribution in [-0.4, -0.2) is 5.11 Å². The standard InChI is InChI=1S/C8H12N2S2/c1-2-6-3-4-12-7(6)5-10-8(9)11/h3-4H,2,5H2,1H3,(H3,9,10,11). The highest BCUT2D eigenvalue weighted by atomic mass is 32.1. The summed E-state index contributed by atoms with van der Waals surface area (Å²) < 4.78 is 0. The molecule has 3 N–H and O–H groups in total. The topological polar surface area (TPSA) is 38.0 Å². The Morgan fingerprint density at radius 3 is 3.08 bits per heavy atom. The zero-order chi connectivity index (χ0) is 8.97. The van der Waals surface area contributed by atoms with Gasteiger partial charge in [0.2, 0.25) is 0 Å². The second-order valence-electron chi connectivity index (χ2n) is 2.44. The van der Waals surface area contributed by atoms with Crippen LogP contribution in [0.3, 0.4) is 0 Å². The Bertz CT molecular complexity index is 268. The second kappa shape index (κ2) is 4.42. The third kappa shape index (κ3) is 2.46. The van der Waals surface area contributed by atoms with Crippen LogP contribution in [0.5, 0.6) is 0 Å². The summed E-state index contributed by atoms with van der Waals surface area (Å²) in [5, 5.41) is 5.40. The van der Waals surface area contributed by atoms with Crippen LogP contribution in [0.4, 0.5) is 0 Å². The SMILES string of the molecule is CCc1ccsc1CNC(N)=S. The summed E-state index contributed by atoms with van der Waals surface area (Å²) >= 11 is 6.46. The minimum atomic E-state index is 0.366. The molecule has 0 spiro atoms. The van der Waals surface area contributed by atoms with Crippen LogP contribution in [0.2, 0.25) is 0 Å². The molecule has 0 bridgehead atoms. The summed E-state index contributed by atoms with van der Waals surface area (Å²) in [5.41, 5.74) is 6.70. The van der Waals surface area contributed by atoms with Crippen LogP contribution < -0.4 is 11.1 Å². The highest BCUT2D eigenvalue weighted by Crippen LogP contribution is 2.16. The molecule has 0 radical (unpaired) electrons. The lowest BCUT2D eigenvalue weighted by molar-refractivity contribution is 0.919. The lowest BCUT2D eigenvalue weighted by atomic mass is 10.2. The first-order valence-corrected chi connectivity index (χ1v) is 5.11. The van der Waals surface area contributed by atoms with Crippen molar-refractivity contribution < 1.29 is 0 Å². The fraction of sp³-hybridized carbons (Fsp3) is 0.375. The van der Waals surface area contributed by atoms with Gasteiger partial charge in [0.05, 0.1) is 6.54 Å². The molecule has 0 fully saturated rings. The molecule has 0 aliphatic heterocycles. The van der Waals surface area contributed by atoms with E-state index in [0.717, 1.165) is 13.0 Å². The number of nitrogens with one attached hydrogen (secondary N) is 1. The molecule has 0 amide bonds. The van der Waals surface area contributed by atoms with Gasteiger partial charge in [-0.05, 0) is 35.6 Å². The summed E-state index contributed by atoms with van der Waals surface area (Å²) in [6, 6.07) is 2.14. The van der Waals surface area contributed by atoms with E-state index in [1.54, 1.807) is 11.3 Å². The van der Waals surface area contributed by atoms with E-state index in [2.05, 4.69) is 23.7 Å². The van der Waals surface area contributed by atoms with Gasteiger partial charge in [-0.1, -0.05) is 6.92 Å². The fourth-order valence-corrected chi connectivity index (χ4v) is 1.99. The molecule has 0 aliphatic carbocycles. The summed E-state index contributed by atoms with van der Waals surface area (Å²) in [7, 11) is 0. The van der Waals surface area contributed by atoms with E-state index in [0.29, 0.717) is 5.11 Å². The van der Waals surface area contributed by atoms with Gasteiger partial charge >= 0.3 is 0 Å². The van der Waals surface area contributed by atoms with Crippen LogP contribution in [0.15, 0.2) is 11.4 Å². The number of nitrogens with two attached hydrogens (primary N) is 1. The molecule has 1 aromatic rings. The van der Waals surface area contributed by atoms with E-state index in [1.165, 1.54) is 10.4 Å². The average molecular weight is 200 g/mol. The first kappa shape index (κ1) is 9.48. The van der Waals surface area contributed by atoms with Crippen molar-refractivity contribution in [1.29, 1.82) is 0 Å². The number of thiocarbonyl (C=S) groups is 1. The van der Waals surface area contributed by atoms with Crippen molar-refractivity contribution in [3.8, 4) is 0 Å². The normalized spacial score (nSPS) is 9.75. The van der Waals surface area contributed by atoms with E-state index in [4.69, 9.17) is 18.0 Å². The third-order valence-corrected chi connectivity index (χ3v) is 2.75. The minimum absolute atomic E-state index is 0.366. The predicted octanol–water partition coefficient (Wildman–Crippen LogP) is 1.64. The molecular weight excluding hydrogens is 188 g/mol. The number of aryl methyl sites for hydroxylation is 1. The predicted molar refractivity (Wildman–Crippen MR) is 57.3 cm³/mol. The van der Waals surface area contributed by atoms with Gasteiger partial charge < -0.3 is 11.1 Å². The Balaban J connectivity index is 2.56. The minimum Gasteiger partial charge on any atom is -0.376 e. The summed E-state index contributed by atoms with van der Waals surface area (Å²) in [6.07, 6.45) is 1.07. The lowest BCUT2D eigenvalue weighted by Crippen LogP contribution is -2.28. The summed E-state index contributed by atoms with van der Waals surface area (Å²) in [5.74, 6) is 0. The quantitative estimate of drug-likeness (QED) is 0.729. The van der Waals surface area contributed by atoms with Crippen LogP contribution in [0.1, 0.15) is 17.4 Å². The van der Waals surface area contributed by atoms with Crippen molar-refractivity contribution in [2.75, 3.05) is 0 Å². The van der Waals surface area contributed by atoms with E-state index >= 15 is 0 Å². The zero-order valence-electron chi connectivity index (χ0n) is 6.96. The second-order valence-corrected chi connectivity index (χ2v) is 3.88. The maximum absolute atomic E-state index is 5.33. The molecule has 0 saturated carbocycles. The van der Waals surface area contributed by atoms with Gasteiger partial charge in [-0.25, -0.2) is 0 Å². The number of thiophene rings is 1. The molecule has 0 aliphatic rings. The van der Waals surface area contributed by atoms with Gasteiger partial charge in [-0.3, -0.25) is 0 Å². The maximum atomic E-state index is 5.33. The van der Waals surface area contributed by atoms with Gasteiger partial charge in [0.25, 0.3) is 0 Å². The van der Waals surface area contributed by atoms with Crippen molar-refractivity contribution in [2.45, 2.75) is 19.9 Å². The smallest absolute Gasteiger partial charge is 0.163 e. The summed E-state index contributed by atoms with van der Waals surface area (Å²) in [6.45, 7) is 2.91. The first-order valence-electron chi connectivity index (χ1n) is 3.82. The highest BCUT2D eigenvalue weighted by Gasteiger charge is 2.01. The molecule has 1 aromatic heterocycles. The average Bonchev–Trinajstić information content (AvgIpc) is 2.47. The van der Waals surface area contributed by atoms with Crippen LogP contribution in [0.25, 0.3) is 0 Å². The molecule has 2 nitrogen and oxygen atoms in total. The van der Waals surface area contributed by atoms with E-state index in [1.807, 2.05) is 0 Å². The molecule has 0 unspecified atom stereocenters. The Hall–Kier alpha value is -0.610. The van der Waals surface area contributed by atoms with Crippen molar-refractivity contribution in [1.82, 2.24) is 5.32 Å². The number of rotatable bonds is 3. The summed E-state index contributed by atoms with van der Waals surface area (Å²) in [4.78, 5) is 1.32. The molecule has 66 valence electrons. The molecule has 0 aromatic carbocycles. The van der Waals surface area contributed by atoms with Gasteiger partial charge in [-0.15, -0.1) is 11.3 Å². The third-order valence-electron chi connectivity index (χ3n) is 1.64. The van der Waals surface area contributed by atoms with Gasteiger partial charge in [0.1, 0.15) is 0 Å². The van der Waals surface area contributed by atoms with Crippen molar-refractivity contribution in [3.05, 3.63) is 21.9 Å². The van der Waals surface area contributed by atoms with Crippen LogP contribution in [-0.2, 0) is 13.0 Å². The van der Waals surface area contributed by atoms with Gasteiger partial charge in [-0.2, -0.15) is 0 Å². The molecule has 0 atom stereocenters. The largest absolute Gasteiger partial charge is 0.376 e. The van der Waals surface area contributed by atoms with Gasteiger partial charge in [0, 0.05) is 4.88 Å². The van der Waals surface area contributed by atoms with E-state index in [-0.39, 0.29) is 0 Å². The first-order chi connectivity index (χ1) is 5.74. The molecule has 12 heavy (non-hydrogen) atoms. The Morgan fingerprint density at radius 2 is 2.50 bits per heavy atom. The van der Waals surface area contributed by atoms with E-state index < -0.39 is 0 Å². The number of hydrogen-bond donors (Lipinski definition) is 2. The fourth-order valence-electron chi connectivity index (χ4n) is 1.00. The lowest BCUT2D eigenvalue weighted by Gasteiger charge is -2.02. The van der Waals surface area contributed by atoms with Crippen molar-refractivity contribution in [2.24, 2.45) is 5.73 Å².